The Labute approximate surface area is 153 Å². The zero-order chi connectivity index (χ0) is 16.9. The minimum atomic E-state index is -1.06. The van der Waals surface area contributed by atoms with Crippen molar-refractivity contribution in [2.45, 2.75) is 46.8 Å². The number of rotatable bonds is 3. The van der Waals surface area contributed by atoms with E-state index in [-0.39, 0.29) is 0 Å². The van der Waals surface area contributed by atoms with Crippen LogP contribution in [0.2, 0.25) is 13.1 Å². The fraction of sp³-hybridized carbons (Fsp3) is 0.368. The van der Waals surface area contributed by atoms with Gasteiger partial charge in [-0.15, -0.1) is 11.3 Å². The molecule has 1 unspecified atom stereocenters. The highest BCUT2D eigenvalue weighted by Gasteiger charge is 2.35. The zero-order valence-electron chi connectivity index (χ0n) is 14.7. The van der Waals surface area contributed by atoms with Crippen LogP contribution in [-0.2, 0) is 0 Å². The molecule has 0 saturated heterocycles. The molecular weight excluding hydrogens is 382 g/mol. The van der Waals surface area contributed by atoms with Crippen LogP contribution in [0.25, 0.3) is 5.57 Å². The number of hydrogen-bond acceptors (Lipinski definition) is 2. The van der Waals surface area contributed by atoms with Crippen molar-refractivity contribution in [3.63, 3.8) is 0 Å². The fourth-order valence-electron chi connectivity index (χ4n) is 3.71. The maximum absolute atomic E-state index is 3.85. The van der Waals surface area contributed by atoms with Gasteiger partial charge >= 0.3 is 0 Å². The van der Waals surface area contributed by atoms with Gasteiger partial charge in [0.15, 0.2) is 0 Å². The van der Waals surface area contributed by atoms with Gasteiger partial charge in [-0.3, -0.25) is 0 Å². The molecule has 1 aromatic carbocycles. The summed E-state index contributed by atoms with van der Waals surface area (Å²) >= 11 is 5.75. The standard InChI is InChI=1S/C19H24BrNSSi/c1-11-9-12(2)17(16(20)10-11)21(23(5)6)18-14(4)13(3)15-7-8-22-19(15)18/h7-10,18,23H,1-6H3. The molecule has 4 heteroatoms. The van der Waals surface area contributed by atoms with Gasteiger partial charge in [-0.05, 0) is 89.0 Å². The SMILES string of the molecule is CC1=C(C)C(N(c2c(C)cc(C)cc2Br)[SiH](C)C)c2sccc21. The molecule has 0 amide bonds. The molecule has 1 aliphatic carbocycles. The van der Waals surface area contributed by atoms with Gasteiger partial charge in [-0.25, -0.2) is 0 Å². The van der Waals surface area contributed by atoms with Crippen LogP contribution in [0, 0.1) is 13.8 Å². The molecule has 0 spiro atoms. The maximum Gasteiger partial charge on any atom is 0.135 e. The number of halogens is 1. The minimum absolute atomic E-state index is 0.411. The Hall–Kier alpha value is -0.843. The molecule has 1 nitrogen and oxygen atoms in total. The van der Waals surface area contributed by atoms with Crippen molar-refractivity contribution >= 4 is 47.5 Å². The van der Waals surface area contributed by atoms with Crippen molar-refractivity contribution in [2.24, 2.45) is 0 Å². The predicted octanol–water partition coefficient (Wildman–Crippen LogP) is 6.47. The molecule has 0 N–H and O–H groups in total. The van der Waals surface area contributed by atoms with Crippen molar-refractivity contribution in [1.82, 2.24) is 0 Å². The molecule has 2 aromatic rings. The van der Waals surface area contributed by atoms with Gasteiger partial charge in [0, 0.05) is 15.0 Å². The second-order valence-corrected chi connectivity index (χ2v) is 11.4. The van der Waals surface area contributed by atoms with Gasteiger partial charge in [-0.2, -0.15) is 0 Å². The monoisotopic (exact) mass is 405 g/mol. The van der Waals surface area contributed by atoms with E-state index >= 15 is 0 Å². The summed E-state index contributed by atoms with van der Waals surface area (Å²) < 4.78 is 3.95. The lowest BCUT2D eigenvalue weighted by Gasteiger charge is -2.38. The van der Waals surface area contributed by atoms with Crippen LogP contribution in [0.15, 0.2) is 33.6 Å². The van der Waals surface area contributed by atoms with Crippen molar-refractivity contribution in [2.75, 3.05) is 4.57 Å². The summed E-state index contributed by atoms with van der Waals surface area (Å²) in [7, 11) is -1.06. The van der Waals surface area contributed by atoms with Crippen molar-refractivity contribution < 1.29 is 0 Å². The van der Waals surface area contributed by atoms with E-state index < -0.39 is 8.96 Å². The molecular formula is C19H24BrNSSi. The predicted molar refractivity (Wildman–Crippen MR) is 110 cm³/mol. The third kappa shape index (κ3) is 2.75. The zero-order valence-corrected chi connectivity index (χ0v) is 18.3. The van der Waals surface area contributed by atoms with Crippen LogP contribution >= 0.6 is 27.3 Å². The molecule has 23 heavy (non-hydrogen) atoms. The lowest BCUT2D eigenvalue weighted by Crippen LogP contribution is -2.38. The lowest BCUT2D eigenvalue weighted by molar-refractivity contribution is 0.859. The Kier molecular flexibility index (Phi) is 4.60. The molecule has 0 radical (unpaired) electrons. The molecule has 1 aliphatic rings. The van der Waals surface area contributed by atoms with E-state index in [9.17, 15) is 0 Å². The molecule has 0 aliphatic heterocycles. The van der Waals surface area contributed by atoms with E-state index in [4.69, 9.17) is 0 Å². The van der Waals surface area contributed by atoms with Crippen LogP contribution in [0.4, 0.5) is 5.69 Å². The van der Waals surface area contributed by atoms with Gasteiger partial charge in [0.25, 0.3) is 0 Å². The molecule has 1 heterocycles. The first-order valence-corrected chi connectivity index (χ1v) is 12.6. The quantitative estimate of drug-likeness (QED) is 0.529. The van der Waals surface area contributed by atoms with Crippen LogP contribution in [-0.4, -0.2) is 8.96 Å². The number of aryl methyl sites for hydroxylation is 2. The largest absolute Gasteiger partial charge is 0.389 e. The van der Waals surface area contributed by atoms with Gasteiger partial charge < -0.3 is 4.57 Å². The molecule has 1 aromatic heterocycles. The van der Waals surface area contributed by atoms with Gasteiger partial charge in [0.05, 0.1) is 6.04 Å². The molecule has 122 valence electrons. The van der Waals surface area contributed by atoms with E-state index in [1.165, 1.54) is 42.9 Å². The summed E-state index contributed by atoms with van der Waals surface area (Å²) in [6.45, 7) is 13.9. The summed E-state index contributed by atoms with van der Waals surface area (Å²) in [5.41, 5.74) is 8.50. The van der Waals surface area contributed by atoms with Crippen LogP contribution in [0.5, 0.6) is 0 Å². The molecule has 0 bridgehead atoms. The van der Waals surface area contributed by atoms with Crippen molar-refractivity contribution in [1.29, 1.82) is 0 Å². The number of benzene rings is 1. The Bertz CT molecular complexity index is 767. The van der Waals surface area contributed by atoms with E-state index in [2.05, 4.69) is 84.9 Å². The Morgan fingerprint density at radius 1 is 1.13 bits per heavy atom. The summed E-state index contributed by atoms with van der Waals surface area (Å²) in [5.74, 6) is 0. The second kappa shape index (κ2) is 6.23. The summed E-state index contributed by atoms with van der Waals surface area (Å²) in [5, 5.41) is 2.24. The molecule has 1 atom stereocenters. The van der Waals surface area contributed by atoms with Gasteiger partial charge in [-0.1, -0.05) is 19.2 Å². The number of anilines is 1. The average molecular weight is 406 g/mol. The summed E-state index contributed by atoms with van der Waals surface area (Å²) in [4.78, 5) is 1.52. The smallest absolute Gasteiger partial charge is 0.135 e. The first-order valence-electron chi connectivity index (χ1n) is 8.13. The highest BCUT2D eigenvalue weighted by molar-refractivity contribution is 9.10. The Morgan fingerprint density at radius 2 is 1.83 bits per heavy atom. The topological polar surface area (TPSA) is 3.24 Å². The summed E-state index contributed by atoms with van der Waals surface area (Å²) in [6, 6.07) is 7.26. The summed E-state index contributed by atoms with van der Waals surface area (Å²) in [6.07, 6.45) is 0. The highest BCUT2D eigenvalue weighted by Crippen LogP contribution is 2.49. The Morgan fingerprint density at radius 3 is 2.43 bits per heavy atom. The minimum Gasteiger partial charge on any atom is -0.389 e. The normalized spacial score (nSPS) is 17.1. The van der Waals surface area contributed by atoms with E-state index in [0.717, 1.165) is 0 Å². The van der Waals surface area contributed by atoms with Crippen LogP contribution < -0.4 is 4.57 Å². The van der Waals surface area contributed by atoms with Crippen LogP contribution in [0.3, 0.4) is 0 Å². The molecule has 0 saturated carbocycles. The van der Waals surface area contributed by atoms with E-state index in [1.54, 1.807) is 0 Å². The van der Waals surface area contributed by atoms with E-state index in [1.807, 2.05) is 11.3 Å². The average Bonchev–Trinajstić information content (AvgIpc) is 2.99. The highest BCUT2D eigenvalue weighted by atomic mass is 79.9. The third-order valence-electron chi connectivity index (χ3n) is 4.84. The first-order chi connectivity index (χ1) is 10.8. The van der Waals surface area contributed by atoms with Gasteiger partial charge in [0.2, 0.25) is 0 Å². The van der Waals surface area contributed by atoms with Crippen LogP contribution in [0.1, 0.15) is 41.5 Å². The van der Waals surface area contributed by atoms with E-state index in [0.29, 0.717) is 6.04 Å². The first kappa shape index (κ1) is 17.0. The number of thiophene rings is 1. The number of hydrogen-bond donors (Lipinski definition) is 0. The lowest BCUT2D eigenvalue weighted by atomic mass is 10.1. The van der Waals surface area contributed by atoms with Crippen molar-refractivity contribution in [3.05, 3.63) is 55.2 Å². The number of fused-ring (bicyclic) bond motifs is 1. The Balaban J connectivity index is 2.20. The van der Waals surface area contributed by atoms with Crippen molar-refractivity contribution in [3.8, 4) is 0 Å². The number of allylic oxidation sites excluding steroid dienone is 1. The molecule has 3 rings (SSSR count). The van der Waals surface area contributed by atoms with Gasteiger partial charge in [0.1, 0.15) is 8.96 Å². The number of nitrogens with zero attached hydrogens (tertiary/aromatic N) is 1. The second-order valence-electron chi connectivity index (χ2n) is 6.82. The maximum atomic E-state index is 3.85. The molecule has 0 fully saturated rings. The fourth-order valence-corrected chi connectivity index (χ4v) is 7.83. The third-order valence-corrected chi connectivity index (χ3v) is 8.08.